The van der Waals surface area contributed by atoms with Crippen LogP contribution in [0.3, 0.4) is 0 Å². The van der Waals surface area contributed by atoms with Crippen molar-refractivity contribution in [3.05, 3.63) is 33.8 Å². The number of halogens is 2. The van der Waals surface area contributed by atoms with E-state index >= 15 is 0 Å². The molecule has 0 aliphatic rings. The Morgan fingerprint density at radius 2 is 2.06 bits per heavy atom. The van der Waals surface area contributed by atoms with Gasteiger partial charge >= 0.3 is 0 Å². The minimum Gasteiger partial charge on any atom is -0.396 e. The van der Waals surface area contributed by atoms with Crippen LogP contribution in [-0.4, -0.2) is 18.3 Å². The monoisotopic (exact) mass is 261 g/mol. The first kappa shape index (κ1) is 13.8. The summed E-state index contributed by atoms with van der Waals surface area (Å²) in [6.07, 6.45) is 0.828. The van der Waals surface area contributed by atoms with Crippen LogP contribution in [0.5, 0.6) is 0 Å². The van der Waals surface area contributed by atoms with E-state index in [1.807, 2.05) is 12.1 Å². The highest BCUT2D eigenvalue weighted by molar-refractivity contribution is 6.42. The summed E-state index contributed by atoms with van der Waals surface area (Å²) in [5.74, 6) is 0.479. The van der Waals surface area contributed by atoms with Gasteiger partial charge in [0.2, 0.25) is 0 Å². The van der Waals surface area contributed by atoms with Crippen molar-refractivity contribution in [3.8, 4) is 0 Å². The van der Waals surface area contributed by atoms with Crippen LogP contribution in [0, 0.1) is 5.92 Å². The number of nitrogens with one attached hydrogen (secondary N) is 1. The standard InChI is InChI=1S/C12H17Cl2NO/c1-9(4-5-16)7-15-8-10-2-3-11(13)12(14)6-10/h2-3,6,9,15-16H,4-5,7-8H2,1H3. The maximum Gasteiger partial charge on any atom is 0.0595 e. The fraction of sp³-hybridized carbons (Fsp3) is 0.500. The zero-order valence-electron chi connectivity index (χ0n) is 9.34. The second kappa shape index (κ2) is 7.13. The molecule has 0 heterocycles. The summed E-state index contributed by atoms with van der Waals surface area (Å²) in [5.41, 5.74) is 1.12. The molecule has 1 atom stereocenters. The Kier molecular flexibility index (Phi) is 6.14. The molecular formula is C12H17Cl2NO. The fourth-order valence-corrected chi connectivity index (χ4v) is 1.76. The molecule has 4 heteroatoms. The summed E-state index contributed by atoms with van der Waals surface area (Å²) in [6.45, 7) is 4.02. The first-order chi connectivity index (χ1) is 7.63. The molecule has 0 saturated heterocycles. The second-order valence-corrected chi connectivity index (χ2v) is 4.81. The molecule has 0 saturated carbocycles. The summed E-state index contributed by atoms with van der Waals surface area (Å²) < 4.78 is 0. The summed E-state index contributed by atoms with van der Waals surface area (Å²) >= 11 is 11.7. The van der Waals surface area contributed by atoms with Gasteiger partial charge in [0, 0.05) is 13.2 Å². The molecule has 16 heavy (non-hydrogen) atoms. The van der Waals surface area contributed by atoms with E-state index in [0.717, 1.165) is 25.1 Å². The maximum absolute atomic E-state index is 8.76. The SMILES string of the molecule is CC(CCO)CNCc1ccc(Cl)c(Cl)c1. The van der Waals surface area contributed by atoms with E-state index in [9.17, 15) is 0 Å². The number of aliphatic hydroxyl groups is 1. The van der Waals surface area contributed by atoms with Crippen LogP contribution in [-0.2, 0) is 6.54 Å². The molecule has 0 spiro atoms. The molecular weight excluding hydrogens is 245 g/mol. The normalized spacial score (nSPS) is 12.8. The molecule has 0 radical (unpaired) electrons. The van der Waals surface area contributed by atoms with Gasteiger partial charge in [-0.3, -0.25) is 0 Å². The Balaban J connectivity index is 2.34. The van der Waals surface area contributed by atoms with Gasteiger partial charge in [-0.15, -0.1) is 0 Å². The molecule has 0 bridgehead atoms. The summed E-state index contributed by atoms with van der Waals surface area (Å²) in [5, 5.41) is 13.3. The lowest BCUT2D eigenvalue weighted by atomic mass is 10.1. The van der Waals surface area contributed by atoms with Crippen molar-refractivity contribution in [1.29, 1.82) is 0 Å². The predicted molar refractivity (Wildman–Crippen MR) is 69.0 cm³/mol. The molecule has 2 N–H and O–H groups in total. The molecule has 1 aromatic rings. The van der Waals surface area contributed by atoms with E-state index in [0.29, 0.717) is 16.0 Å². The van der Waals surface area contributed by atoms with Crippen LogP contribution in [0.2, 0.25) is 10.0 Å². The number of hydrogen-bond donors (Lipinski definition) is 2. The number of aliphatic hydroxyl groups excluding tert-OH is 1. The van der Waals surface area contributed by atoms with Crippen molar-refractivity contribution < 1.29 is 5.11 Å². The highest BCUT2D eigenvalue weighted by atomic mass is 35.5. The lowest BCUT2D eigenvalue weighted by Crippen LogP contribution is -2.21. The van der Waals surface area contributed by atoms with Crippen molar-refractivity contribution in [2.24, 2.45) is 5.92 Å². The highest BCUT2D eigenvalue weighted by Crippen LogP contribution is 2.22. The minimum atomic E-state index is 0.246. The Bertz CT molecular complexity index is 331. The maximum atomic E-state index is 8.76. The highest BCUT2D eigenvalue weighted by Gasteiger charge is 2.02. The van der Waals surface area contributed by atoms with Crippen molar-refractivity contribution in [1.82, 2.24) is 5.32 Å². The third-order valence-corrected chi connectivity index (χ3v) is 3.17. The topological polar surface area (TPSA) is 32.3 Å². The van der Waals surface area contributed by atoms with Gasteiger partial charge in [0.25, 0.3) is 0 Å². The van der Waals surface area contributed by atoms with Gasteiger partial charge in [-0.2, -0.15) is 0 Å². The first-order valence-electron chi connectivity index (χ1n) is 5.39. The molecule has 1 rings (SSSR count). The van der Waals surface area contributed by atoms with Gasteiger partial charge < -0.3 is 10.4 Å². The molecule has 0 aliphatic heterocycles. The average molecular weight is 262 g/mol. The van der Waals surface area contributed by atoms with Crippen molar-refractivity contribution in [2.75, 3.05) is 13.2 Å². The zero-order chi connectivity index (χ0) is 12.0. The fourth-order valence-electron chi connectivity index (χ4n) is 1.43. The van der Waals surface area contributed by atoms with Crippen LogP contribution in [0.25, 0.3) is 0 Å². The van der Waals surface area contributed by atoms with Gasteiger partial charge in [0.15, 0.2) is 0 Å². The van der Waals surface area contributed by atoms with E-state index in [-0.39, 0.29) is 6.61 Å². The Hall–Kier alpha value is -0.280. The summed E-state index contributed by atoms with van der Waals surface area (Å²) in [7, 11) is 0. The van der Waals surface area contributed by atoms with Crippen LogP contribution >= 0.6 is 23.2 Å². The smallest absolute Gasteiger partial charge is 0.0595 e. The predicted octanol–water partition coefficient (Wildman–Crippen LogP) is 3.10. The number of benzene rings is 1. The number of rotatable bonds is 6. The molecule has 0 amide bonds. The van der Waals surface area contributed by atoms with E-state index in [1.54, 1.807) is 6.07 Å². The van der Waals surface area contributed by atoms with Gasteiger partial charge in [-0.1, -0.05) is 36.2 Å². The molecule has 0 fully saturated rings. The van der Waals surface area contributed by atoms with Crippen molar-refractivity contribution in [3.63, 3.8) is 0 Å². The van der Waals surface area contributed by atoms with Crippen molar-refractivity contribution in [2.45, 2.75) is 19.9 Å². The Labute approximate surface area is 107 Å². The molecule has 0 aliphatic carbocycles. The third kappa shape index (κ3) is 4.71. The first-order valence-corrected chi connectivity index (χ1v) is 6.14. The van der Waals surface area contributed by atoms with Gasteiger partial charge in [0.05, 0.1) is 10.0 Å². The van der Waals surface area contributed by atoms with E-state index in [1.165, 1.54) is 0 Å². The van der Waals surface area contributed by atoms with Gasteiger partial charge in [-0.25, -0.2) is 0 Å². The zero-order valence-corrected chi connectivity index (χ0v) is 10.9. The van der Waals surface area contributed by atoms with Gasteiger partial charge in [-0.05, 0) is 36.6 Å². The summed E-state index contributed by atoms with van der Waals surface area (Å²) in [4.78, 5) is 0. The second-order valence-electron chi connectivity index (χ2n) is 4.00. The molecule has 1 aromatic carbocycles. The van der Waals surface area contributed by atoms with E-state index < -0.39 is 0 Å². The van der Waals surface area contributed by atoms with Gasteiger partial charge in [0.1, 0.15) is 0 Å². The average Bonchev–Trinajstić information content (AvgIpc) is 2.24. The Morgan fingerprint density at radius 1 is 1.31 bits per heavy atom. The van der Waals surface area contributed by atoms with E-state index in [2.05, 4.69) is 12.2 Å². The Morgan fingerprint density at radius 3 is 2.69 bits per heavy atom. The largest absolute Gasteiger partial charge is 0.396 e. The minimum absolute atomic E-state index is 0.246. The van der Waals surface area contributed by atoms with Crippen LogP contribution < -0.4 is 5.32 Å². The molecule has 2 nitrogen and oxygen atoms in total. The molecule has 1 unspecified atom stereocenters. The van der Waals surface area contributed by atoms with Crippen molar-refractivity contribution >= 4 is 23.2 Å². The third-order valence-electron chi connectivity index (χ3n) is 2.43. The van der Waals surface area contributed by atoms with Crippen LogP contribution in [0.4, 0.5) is 0 Å². The van der Waals surface area contributed by atoms with E-state index in [4.69, 9.17) is 28.3 Å². The lowest BCUT2D eigenvalue weighted by Gasteiger charge is -2.11. The van der Waals surface area contributed by atoms with Crippen LogP contribution in [0.1, 0.15) is 18.9 Å². The lowest BCUT2D eigenvalue weighted by molar-refractivity contribution is 0.260. The van der Waals surface area contributed by atoms with Crippen LogP contribution in [0.15, 0.2) is 18.2 Å². The quantitative estimate of drug-likeness (QED) is 0.825. The molecule has 0 aromatic heterocycles. The number of hydrogen-bond acceptors (Lipinski definition) is 2. The summed E-state index contributed by atoms with van der Waals surface area (Å²) in [6, 6.07) is 5.63. The molecule has 90 valence electrons.